The third-order valence-electron chi connectivity index (χ3n) is 8.93. The Morgan fingerprint density at radius 2 is 1.06 bits per heavy atom. The van der Waals surface area contributed by atoms with Crippen molar-refractivity contribution in [1.82, 2.24) is 0 Å². The Balaban J connectivity index is 3.41. The van der Waals surface area contributed by atoms with Gasteiger partial charge in [0.1, 0.15) is 0 Å². The topological polar surface area (TPSA) is 43.1 Å². The van der Waals surface area contributed by atoms with Gasteiger partial charge in [0.05, 0.1) is 16.1 Å². The Morgan fingerprint density at radius 3 is 1.42 bits per heavy atom. The third kappa shape index (κ3) is 4.16. The lowest BCUT2D eigenvalue weighted by atomic mass is 10.0. The minimum atomic E-state index is -2.19. The molecule has 0 aromatic heterocycles. The molecule has 0 aliphatic rings. The number of carbonyl (C=O) groups excluding carboxylic acids is 1. The molecule has 0 heterocycles. The van der Waals surface area contributed by atoms with Crippen molar-refractivity contribution in [3.63, 3.8) is 0 Å². The molecule has 1 amide bonds. The first-order valence-electron chi connectivity index (χ1n) is 13.1. The highest BCUT2D eigenvalue weighted by atomic mass is 28.3. The Hall–Kier alpha value is -1.40. The lowest BCUT2D eigenvalue weighted by molar-refractivity contribution is 0.100. The summed E-state index contributed by atoms with van der Waals surface area (Å²) in [6.45, 7) is 29.0. The number of hydrogen-bond acceptors (Lipinski definition) is 1. The maximum Gasteiger partial charge on any atom is 0.249 e. The van der Waals surface area contributed by atoms with E-state index in [9.17, 15) is 4.79 Å². The van der Waals surface area contributed by atoms with Gasteiger partial charge in [-0.2, -0.15) is 0 Å². The van der Waals surface area contributed by atoms with Gasteiger partial charge in [0, 0.05) is 5.56 Å². The van der Waals surface area contributed by atoms with E-state index in [0.717, 1.165) is 10.9 Å². The number of hydrogen-bond donors (Lipinski definition) is 1. The zero-order chi connectivity index (χ0) is 25.5. The molecule has 0 fully saturated rings. The first kappa shape index (κ1) is 27.8. The molecular formula is C29H49NOSi2. The summed E-state index contributed by atoms with van der Waals surface area (Å²) in [5.41, 5.74) is 10.4. The number of benzene rings is 2. The van der Waals surface area contributed by atoms with Crippen LogP contribution in [0.4, 0.5) is 0 Å². The van der Waals surface area contributed by atoms with Crippen LogP contribution in [0.5, 0.6) is 0 Å². The van der Waals surface area contributed by atoms with Crippen LogP contribution in [0.25, 0.3) is 10.8 Å². The number of primary amides is 1. The molecule has 0 atom stereocenters. The van der Waals surface area contributed by atoms with Crippen molar-refractivity contribution in [2.45, 2.75) is 116 Å². The number of amides is 1. The maximum atomic E-state index is 13.4. The largest absolute Gasteiger partial charge is 0.366 e. The molecular weight excluding hydrogens is 434 g/mol. The summed E-state index contributed by atoms with van der Waals surface area (Å²) in [4.78, 5) is 13.4. The molecule has 0 spiro atoms. The minimum Gasteiger partial charge on any atom is -0.366 e. The molecule has 2 nitrogen and oxygen atoms in total. The van der Waals surface area contributed by atoms with E-state index in [2.05, 4.69) is 113 Å². The van der Waals surface area contributed by atoms with Gasteiger partial charge in [0.25, 0.3) is 0 Å². The normalized spacial score (nSPS) is 13.5. The zero-order valence-corrected chi connectivity index (χ0v) is 25.3. The molecule has 4 heteroatoms. The SMILES string of the molecule is CC(C)[Si](c1cc2ccccc2c(C(N)=O)c1[Si](C(C)C)(C(C)C)C(C)C)(C(C)C)C(C)C. The average molecular weight is 484 g/mol. The smallest absolute Gasteiger partial charge is 0.249 e. The summed E-state index contributed by atoms with van der Waals surface area (Å²) in [6, 6.07) is 11.0. The molecule has 0 aliphatic carbocycles. The predicted octanol–water partition coefficient (Wildman–Crippen LogP) is 7.71. The Labute approximate surface area is 205 Å². The zero-order valence-electron chi connectivity index (χ0n) is 23.3. The summed E-state index contributed by atoms with van der Waals surface area (Å²) in [5.74, 6) is -0.249. The molecule has 2 aromatic carbocycles. The predicted molar refractivity (Wildman–Crippen MR) is 154 cm³/mol. The minimum absolute atomic E-state index is 0.249. The van der Waals surface area contributed by atoms with Crippen LogP contribution in [-0.4, -0.2) is 22.1 Å². The van der Waals surface area contributed by atoms with Crippen LogP contribution in [0.15, 0.2) is 30.3 Å². The van der Waals surface area contributed by atoms with Gasteiger partial charge in [0.2, 0.25) is 5.91 Å². The van der Waals surface area contributed by atoms with Crippen LogP contribution in [-0.2, 0) is 0 Å². The number of rotatable bonds is 9. The van der Waals surface area contributed by atoms with Crippen molar-refractivity contribution in [3.8, 4) is 0 Å². The van der Waals surface area contributed by atoms with Gasteiger partial charge in [-0.05, 0) is 49.2 Å². The van der Waals surface area contributed by atoms with Crippen LogP contribution in [0, 0.1) is 0 Å². The Bertz CT molecular complexity index is 945. The van der Waals surface area contributed by atoms with E-state index in [1.54, 1.807) is 0 Å². The molecule has 33 heavy (non-hydrogen) atoms. The molecule has 2 N–H and O–H groups in total. The molecule has 0 saturated heterocycles. The summed E-state index contributed by atoms with van der Waals surface area (Å²) < 4.78 is 0. The van der Waals surface area contributed by atoms with E-state index in [-0.39, 0.29) is 5.91 Å². The fourth-order valence-corrected chi connectivity index (χ4v) is 23.3. The van der Waals surface area contributed by atoms with Gasteiger partial charge in [0.15, 0.2) is 0 Å². The van der Waals surface area contributed by atoms with Crippen LogP contribution >= 0.6 is 0 Å². The highest BCUT2D eigenvalue weighted by Gasteiger charge is 2.53. The van der Waals surface area contributed by atoms with E-state index in [1.165, 1.54) is 15.8 Å². The van der Waals surface area contributed by atoms with Crippen LogP contribution < -0.4 is 16.1 Å². The fraction of sp³-hybridized carbons (Fsp3) is 0.621. The Kier molecular flexibility index (Phi) is 8.50. The van der Waals surface area contributed by atoms with Crippen molar-refractivity contribution in [2.75, 3.05) is 0 Å². The first-order chi connectivity index (χ1) is 15.2. The molecule has 2 rings (SSSR count). The van der Waals surface area contributed by atoms with E-state index in [1.807, 2.05) is 0 Å². The maximum absolute atomic E-state index is 13.4. The number of fused-ring (bicyclic) bond motifs is 1. The van der Waals surface area contributed by atoms with Crippen LogP contribution in [0.3, 0.4) is 0 Å². The second-order valence-electron chi connectivity index (χ2n) is 12.1. The van der Waals surface area contributed by atoms with E-state index >= 15 is 0 Å². The van der Waals surface area contributed by atoms with Gasteiger partial charge in [-0.3, -0.25) is 4.79 Å². The van der Waals surface area contributed by atoms with Crippen LogP contribution in [0.2, 0.25) is 33.2 Å². The van der Waals surface area contributed by atoms with Crippen LogP contribution in [0.1, 0.15) is 93.4 Å². The second kappa shape index (κ2) is 10.1. The van der Waals surface area contributed by atoms with E-state index in [0.29, 0.717) is 33.2 Å². The quantitative estimate of drug-likeness (QED) is 0.365. The first-order valence-corrected chi connectivity index (χ1v) is 17.5. The standard InChI is InChI=1S/C29H49NOSi2/c1-18(2)32(19(3)4,20(5)6)26-17-24-15-13-14-16-25(24)27(29(30)31)28(26)33(21(7)8,22(9)10)23(11)12/h13-23H,1-12H3,(H2,30,31). The van der Waals surface area contributed by atoms with E-state index in [4.69, 9.17) is 5.73 Å². The van der Waals surface area contributed by atoms with E-state index < -0.39 is 16.1 Å². The molecule has 184 valence electrons. The second-order valence-corrected chi connectivity index (χ2v) is 23.8. The molecule has 0 bridgehead atoms. The molecule has 0 aliphatic heterocycles. The average Bonchev–Trinajstić information content (AvgIpc) is 2.66. The Morgan fingerprint density at radius 1 is 0.667 bits per heavy atom. The highest BCUT2D eigenvalue weighted by molar-refractivity contribution is 7.04. The summed E-state index contributed by atoms with van der Waals surface area (Å²) in [5, 5.41) is 5.17. The lowest BCUT2D eigenvalue weighted by Crippen LogP contribution is -2.70. The summed E-state index contributed by atoms with van der Waals surface area (Å²) in [7, 11) is -4.25. The lowest BCUT2D eigenvalue weighted by Gasteiger charge is -2.51. The highest BCUT2D eigenvalue weighted by Crippen LogP contribution is 2.46. The number of carbonyl (C=O) groups is 1. The van der Waals surface area contributed by atoms with Gasteiger partial charge in [-0.1, -0.05) is 119 Å². The molecule has 2 aromatic rings. The summed E-state index contributed by atoms with van der Waals surface area (Å²) in [6.07, 6.45) is 0. The van der Waals surface area contributed by atoms with Crippen molar-refractivity contribution >= 4 is 43.2 Å². The van der Waals surface area contributed by atoms with Crippen molar-refractivity contribution in [3.05, 3.63) is 35.9 Å². The van der Waals surface area contributed by atoms with Crippen molar-refractivity contribution in [1.29, 1.82) is 0 Å². The summed E-state index contributed by atoms with van der Waals surface area (Å²) >= 11 is 0. The van der Waals surface area contributed by atoms with Crippen molar-refractivity contribution < 1.29 is 4.79 Å². The monoisotopic (exact) mass is 483 g/mol. The van der Waals surface area contributed by atoms with Gasteiger partial charge in [-0.15, -0.1) is 0 Å². The van der Waals surface area contributed by atoms with Gasteiger partial charge >= 0.3 is 0 Å². The number of nitrogens with two attached hydrogens (primary N) is 1. The molecule has 0 saturated carbocycles. The molecule has 0 unspecified atom stereocenters. The van der Waals surface area contributed by atoms with Crippen molar-refractivity contribution in [2.24, 2.45) is 5.73 Å². The molecule has 0 radical (unpaired) electrons. The van der Waals surface area contributed by atoms with Gasteiger partial charge < -0.3 is 5.73 Å². The van der Waals surface area contributed by atoms with Gasteiger partial charge in [-0.25, -0.2) is 0 Å². The fourth-order valence-electron chi connectivity index (χ4n) is 8.19. The third-order valence-corrected chi connectivity index (χ3v) is 23.4.